The molecule has 0 spiro atoms. The number of hydrogen-bond donors (Lipinski definition) is 3. The van der Waals surface area contributed by atoms with Crippen LogP contribution < -0.4 is 17.0 Å². The largest absolute Gasteiger partial charge is 0.369 e. The molecule has 54 valence electrons. The van der Waals surface area contributed by atoms with Crippen molar-refractivity contribution in [3.63, 3.8) is 0 Å². The van der Waals surface area contributed by atoms with E-state index in [0.717, 1.165) is 0 Å². The Labute approximate surface area is 61.8 Å². The van der Waals surface area contributed by atoms with Gasteiger partial charge in [-0.2, -0.15) is 4.99 Å². The number of nitrogens with two attached hydrogens (primary N) is 2. The van der Waals surface area contributed by atoms with Crippen molar-refractivity contribution in [3.05, 3.63) is 11.6 Å². The van der Waals surface area contributed by atoms with Crippen LogP contribution in [0.25, 0.3) is 0 Å². The molecule has 1 aromatic rings. The predicted molar refractivity (Wildman–Crippen MR) is 40.7 cm³/mol. The highest BCUT2D eigenvalue weighted by molar-refractivity contribution is 7.13. The van der Waals surface area contributed by atoms with Gasteiger partial charge in [-0.25, -0.2) is 10.8 Å². The Morgan fingerprint density at radius 1 is 1.80 bits per heavy atom. The summed E-state index contributed by atoms with van der Waals surface area (Å²) in [5.41, 5.74) is 7.44. The van der Waals surface area contributed by atoms with Crippen LogP contribution in [-0.4, -0.2) is 10.9 Å². The van der Waals surface area contributed by atoms with Crippen molar-refractivity contribution in [3.8, 4) is 0 Å². The highest BCUT2D eigenvalue weighted by Gasteiger charge is 1.90. The third-order valence-electron chi connectivity index (χ3n) is 0.783. The topological polar surface area (TPSA) is 89.3 Å². The van der Waals surface area contributed by atoms with Crippen LogP contribution in [-0.2, 0) is 0 Å². The molecule has 0 radical (unpaired) electrons. The molecule has 0 amide bonds. The maximum absolute atomic E-state index is 5.24. The molecule has 0 unspecified atom stereocenters. The number of aromatic nitrogens is 1. The van der Waals surface area contributed by atoms with Gasteiger partial charge in [-0.05, 0) is 0 Å². The quantitative estimate of drug-likeness (QED) is 0.223. The number of rotatable bonds is 1. The van der Waals surface area contributed by atoms with Crippen LogP contribution in [0, 0.1) is 0 Å². The fraction of sp³-hybridized carbons (Fsp3) is 0. The smallest absolute Gasteiger partial charge is 0.212 e. The molecule has 10 heavy (non-hydrogen) atoms. The van der Waals surface area contributed by atoms with Crippen molar-refractivity contribution in [2.75, 3.05) is 0 Å². The first kappa shape index (κ1) is 6.97. The molecule has 1 heterocycles. The van der Waals surface area contributed by atoms with Gasteiger partial charge in [-0.3, -0.25) is 5.43 Å². The first-order valence-corrected chi connectivity index (χ1v) is 3.41. The summed E-state index contributed by atoms with van der Waals surface area (Å²) in [6.07, 6.45) is 1.65. The zero-order valence-electron chi connectivity index (χ0n) is 5.11. The van der Waals surface area contributed by atoms with Crippen LogP contribution >= 0.6 is 11.3 Å². The van der Waals surface area contributed by atoms with Gasteiger partial charge in [-0.1, -0.05) is 0 Å². The molecule has 0 aliphatic heterocycles. The molecular formula is C4H7N5S. The summed E-state index contributed by atoms with van der Waals surface area (Å²) in [7, 11) is 0. The third kappa shape index (κ3) is 1.67. The van der Waals surface area contributed by atoms with Gasteiger partial charge in [-0.15, -0.1) is 11.3 Å². The van der Waals surface area contributed by atoms with Crippen molar-refractivity contribution < 1.29 is 0 Å². The molecule has 5 nitrogen and oxygen atoms in total. The van der Waals surface area contributed by atoms with Crippen LogP contribution in [0.3, 0.4) is 0 Å². The Balaban J connectivity index is 2.71. The van der Waals surface area contributed by atoms with E-state index < -0.39 is 0 Å². The second-order valence-electron chi connectivity index (χ2n) is 1.46. The average molecular weight is 157 g/mol. The molecule has 6 heteroatoms. The van der Waals surface area contributed by atoms with Gasteiger partial charge in [0.2, 0.25) is 11.1 Å². The van der Waals surface area contributed by atoms with Gasteiger partial charge >= 0.3 is 0 Å². The van der Waals surface area contributed by atoms with E-state index in [1.165, 1.54) is 11.3 Å². The molecule has 1 aromatic heterocycles. The van der Waals surface area contributed by atoms with E-state index in [2.05, 4.69) is 15.4 Å². The van der Waals surface area contributed by atoms with Gasteiger partial charge in [0.15, 0.2) is 0 Å². The lowest BCUT2D eigenvalue weighted by Gasteiger charge is -1.92. The number of hydrazine groups is 1. The molecule has 0 bridgehead atoms. The van der Waals surface area contributed by atoms with Crippen LogP contribution in [0.2, 0.25) is 0 Å². The second-order valence-corrected chi connectivity index (χ2v) is 2.33. The summed E-state index contributed by atoms with van der Waals surface area (Å²) in [5.74, 6) is 5.12. The van der Waals surface area contributed by atoms with E-state index in [0.29, 0.717) is 5.13 Å². The van der Waals surface area contributed by atoms with E-state index in [1.54, 1.807) is 6.20 Å². The number of nitrogens with zero attached hydrogens (tertiary/aromatic N) is 2. The highest BCUT2D eigenvalue weighted by Crippen LogP contribution is 2.13. The Morgan fingerprint density at radius 2 is 2.60 bits per heavy atom. The van der Waals surface area contributed by atoms with Crippen LogP contribution in [0.1, 0.15) is 0 Å². The summed E-state index contributed by atoms with van der Waals surface area (Å²) >= 11 is 1.39. The molecule has 0 fully saturated rings. The number of hydrogen-bond acceptors (Lipinski definition) is 4. The molecule has 0 saturated heterocycles. The Morgan fingerprint density at radius 3 is 3.10 bits per heavy atom. The summed E-state index contributed by atoms with van der Waals surface area (Å²) < 4.78 is 0. The zero-order valence-corrected chi connectivity index (χ0v) is 5.93. The highest BCUT2D eigenvalue weighted by atomic mass is 32.1. The van der Waals surface area contributed by atoms with Gasteiger partial charge in [0, 0.05) is 11.6 Å². The van der Waals surface area contributed by atoms with Crippen LogP contribution in [0.5, 0.6) is 0 Å². The molecule has 0 aliphatic carbocycles. The molecule has 0 saturated carbocycles. The second kappa shape index (κ2) is 3.14. The van der Waals surface area contributed by atoms with Crippen LogP contribution in [0.15, 0.2) is 16.6 Å². The minimum atomic E-state index is 0.162. The monoisotopic (exact) mass is 157 g/mol. The van der Waals surface area contributed by atoms with E-state index in [4.69, 9.17) is 11.6 Å². The fourth-order valence-electron chi connectivity index (χ4n) is 0.406. The predicted octanol–water partition coefficient (Wildman–Crippen LogP) is -0.447. The van der Waals surface area contributed by atoms with E-state index in [9.17, 15) is 0 Å². The van der Waals surface area contributed by atoms with Gasteiger partial charge in [0.1, 0.15) is 0 Å². The summed E-state index contributed by atoms with van der Waals surface area (Å²) in [4.78, 5) is 7.66. The summed E-state index contributed by atoms with van der Waals surface area (Å²) in [6.45, 7) is 0. The van der Waals surface area contributed by atoms with Crippen molar-refractivity contribution >= 4 is 22.4 Å². The Hall–Kier alpha value is -1.14. The maximum atomic E-state index is 5.24. The number of guanidine groups is 1. The third-order valence-corrected chi connectivity index (χ3v) is 1.45. The van der Waals surface area contributed by atoms with Gasteiger partial charge in [0.05, 0.1) is 0 Å². The van der Waals surface area contributed by atoms with Crippen molar-refractivity contribution in [2.24, 2.45) is 16.6 Å². The summed E-state index contributed by atoms with van der Waals surface area (Å²) in [5, 5.41) is 2.40. The molecule has 0 aliphatic rings. The fourth-order valence-corrected chi connectivity index (χ4v) is 0.923. The van der Waals surface area contributed by atoms with Gasteiger partial charge in [0.25, 0.3) is 0 Å². The zero-order chi connectivity index (χ0) is 7.40. The van der Waals surface area contributed by atoms with Crippen molar-refractivity contribution in [1.29, 1.82) is 0 Å². The molecule has 0 aromatic carbocycles. The maximum Gasteiger partial charge on any atom is 0.212 e. The minimum Gasteiger partial charge on any atom is -0.369 e. The number of nitrogens with one attached hydrogen (secondary N) is 1. The first-order valence-electron chi connectivity index (χ1n) is 2.53. The average Bonchev–Trinajstić information content (AvgIpc) is 2.40. The minimum absolute atomic E-state index is 0.162. The number of aliphatic imine (C=N–C) groups is 1. The first-order chi connectivity index (χ1) is 4.83. The van der Waals surface area contributed by atoms with E-state index in [-0.39, 0.29) is 5.96 Å². The number of thiazole rings is 1. The van der Waals surface area contributed by atoms with Crippen LogP contribution in [0.4, 0.5) is 5.13 Å². The van der Waals surface area contributed by atoms with E-state index in [1.807, 2.05) is 5.38 Å². The summed E-state index contributed by atoms with van der Waals surface area (Å²) in [6, 6.07) is 0. The Kier molecular flexibility index (Phi) is 2.19. The molecular weight excluding hydrogens is 150 g/mol. The lowest BCUT2D eigenvalue weighted by molar-refractivity contribution is 1.01. The Bertz CT molecular complexity index is 216. The standard InChI is InChI=1S/C4H7N5S/c5-3(9-6)8-4-7-1-2-10-4/h1-2H,6H2,(H3,5,7,8,9). The SMILES string of the molecule is NNC(N)=Nc1nccs1. The molecule has 5 N–H and O–H groups in total. The van der Waals surface area contributed by atoms with Gasteiger partial charge < -0.3 is 5.73 Å². The molecule has 1 rings (SSSR count). The van der Waals surface area contributed by atoms with E-state index >= 15 is 0 Å². The van der Waals surface area contributed by atoms with Crippen molar-refractivity contribution in [1.82, 2.24) is 10.4 Å². The lowest BCUT2D eigenvalue weighted by atomic mass is 11.0. The van der Waals surface area contributed by atoms with Crippen molar-refractivity contribution in [2.45, 2.75) is 0 Å². The molecule has 0 atom stereocenters. The normalized spacial score (nSPS) is 11.5. The lowest BCUT2D eigenvalue weighted by Crippen LogP contribution is -2.36.